The van der Waals surface area contributed by atoms with E-state index in [2.05, 4.69) is 35.4 Å². The molecule has 2 aromatic heterocycles. The molecule has 3 N–H and O–H groups in total. The minimum Gasteiger partial charge on any atom is -0.340 e. The molecule has 0 spiro atoms. The van der Waals surface area contributed by atoms with E-state index in [1.54, 1.807) is 41.5 Å². The molecule has 4 aromatic rings. The van der Waals surface area contributed by atoms with E-state index < -0.39 is 10.0 Å². The summed E-state index contributed by atoms with van der Waals surface area (Å²) in [5.41, 5.74) is 3.38. The molecule has 0 aliphatic carbocycles. The number of aryl methyl sites for hydroxylation is 1. The Labute approximate surface area is 204 Å². The van der Waals surface area contributed by atoms with Crippen molar-refractivity contribution in [3.05, 3.63) is 78.5 Å². The summed E-state index contributed by atoms with van der Waals surface area (Å²) in [6.07, 6.45) is 6.60. The maximum Gasteiger partial charge on any atom is 0.240 e. The predicted molar refractivity (Wildman–Crippen MR) is 135 cm³/mol. The Hall–Kier alpha value is -3.83. The Morgan fingerprint density at radius 1 is 1.03 bits per heavy atom. The van der Waals surface area contributed by atoms with Gasteiger partial charge >= 0.3 is 0 Å². The smallest absolute Gasteiger partial charge is 0.240 e. The third kappa shape index (κ3) is 6.61. The van der Waals surface area contributed by atoms with Gasteiger partial charge in [0, 0.05) is 29.7 Å². The third-order valence-electron chi connectivity index (χ3n) is 5.22. The van der Waals surface area contributed by atoms with Crippen LogP contribution in [0.4, 0.5) is 23.1 Å². The van der Waals surface area contributed by atoms with Crippen molar-refractivity contribution in [1.29, 1.82) is 0 Å². The summed E-state index contributed by atoms with van der Waals surface area (Å²) in [5, 5.41) is 10.5. The fourth-order valence-corrected chi connectivity index (χ4v) is 4.42. The number of aromatic nitrogens is 5. The number of nitrogens with one attached hydrogen (secondary N) is 3. The van der Waals surface area contributed by atoms with Crippen LogP contribution < -0.4 is 15.4 Å². The van der Waals surface area contributed by atoms with Gasteiger partial charge in [0.25, 0.3) is 0 Å². The van der Waals surface area contributed by atoms with Gasteiger partial charge in [-0.2, -0.15) is 10.1 Å². The van der Waals surface area contributed by atoms with Gasteiger partial charge < -0.3 is 10.6 Å². The van der Waals surface area contributed by atoms with Crippen LogP contribution in [0.25, 0.3) is 0 Å². The summed E-state index contributed by atoms with van der Waals surface area (Å²) in [7, 11) is -3.57. The second-order valence-corrected chi connectivity index (χ2v) is 9.81. The Kier molecular flexibility index (Phi) is 7.68. The van der Waals surface area contributed by atoms with Gasteiger partial charge in [-0.15, -0.1) is 0 Å². The van der Waals surface area contributed by atoms with Crippen molar-refractivity contribution < 1.29 is 8.42 Å². The van der Waals surface area contributed by atoms with Crippen molar-refractivity contribution in [1.82, 2.24) is 29.5 Å². The molecule has 2 aromatic carbocycles. The first-order valence-electron chi connectivity index (χ1n) is 11.3. The van der Waals surface area contributed by atoms with Crippen LogP contribution in [0.2, 0.25) is 0 Å². The second-order valence-electron chi connectivity index (χ2n) is 8.04. The van der Waals surface area contributed by atoms with E-state index in [0.29, 0.717) is 30.5 Å². The number of benzene rings is 2. The average molecular weight is 493 g/mol. The maximum atomic E-state index is 12.6. The summed E-state index contributed by atoms with van der Waals surface area (Å²) in [6, 6.07) is 14.6. The van der Waals surface area contributed by atoms with Gasteiger partial charge in [0.1, 0.15) is 18.5 Å². The summed E-state index contributed by atoms with van der Waals surface area (Å²) in [5.74, 6) is 1.01. The van der Waals surface area contributed by atoms with Crippen LogP contribution in [0.3, 0.4) is 0 Å². The van der Waals surface area contributed by atoms with Crippen molar-refractivity contribution in [3.63, 3.8) is 0 Å². The lowest BCUT2D eigenvalue weighted by Gasteiger charge is -2.13. The van der Waals surface area contributed by atoms with Gasteiger partial charge in [0.15, 0.2) is 0 Å². The van der Waals surface area contributed by atoms with Crippen LogP contribution in [-0.2, 0) is 16.6 Å². The lowest BCUT2D eigenvalue weighted by Crippen LogP contribution is -2.24. The Morgan fingerprint density at radius 3 is 2.60 bits per heavy atom. The number of sulfonamides is 1. The molecular formula is C24H28N8O2S. The van der Waals surface area contributed by atoms with E-state index in [9.17, 15) is 8.42 Å². The summed E-state index contributed by atoms with van der Waals surface area (Å²) >= 11 is 0. The molecule has 0 aliphatic rings. The monoisotopic (exact) mass is 492 g/mol. The molecule has 0 amide bonds. The van der Waals surface area contributed by atoms with Crippen LogP contribution in [0, 0.1) is 6.92 Å². The zero-order chi connectivity index (χ0) is 24.7. The highest BCUT2D eigenvalue weighted by Crippen LogP contribution is 2.23. The summed E-state index contributed by atoms with van der Waals surface area (Å²) in [6.45, 7) is 4.95. The van der Waals surface area contributed by atoms with E-state index in [0.717, 1.165) is 29.7 Å². The molecule has 2 heterocycles. The van der Waals surface area contributed by atoms with Gasteiger partial charge in [-0.25, -0.2) is 27.8 Å². The first-order chi connectivity index (χ1) is 16.9. The molecule has 0 aliphatic heterocycles. The first kappa shape index (κ1) is 24.3. The zero-order valence-electron chi connectivity index (χ0n) is 19.6. The standard InChI is InChI=1S/C24H28N8O2S/c1-3-4-12-28-35(33,34)22-7-5-6-21(13-22)29-23-18(2)14-26-24(31-23)30-20-10-8-19(9-11-20)15-32-17-25-16-27-32/h5-11,13-14,16-17,28H,3-4,12,15H2,1-2H3,(H2,26,29,30,31). The molecule has 4 rings (SSSR count). The Balaban J connectivity index is 1.45. The highest BCUT2D eigenvalue weighted by atomic mass is 32.2. The van der Waals surface area contributed by atoms with E-state index in [4.69, 9.17) is 0 Å². The minimum absolute atomic E-state index is 0.203. The fourth-order valence-electron chi connectivity index (χ4n) is 3.30. The van der Waals surface area contributed by atoms with Gasteiger partial charge in [-0.1, -0.05) is 31.5 Å². The molecule has 0 unspecified atom stereocenters. The number of hydrogen-bond acceptors (Lipinski definition) is 8. The molecule has 0 bridgehead atoms. The van der Waals surface area contributed by atoms with Gasteiger partial charge in [-0.3, -0.25) is 0 Å². The van der Waals surface area contributed by atoms with Crippen molar-refractivity contribution in [3.8, 4) is 0 Å². The van der Waals surface area contributed by atoms with Crippen LogP contribution >= 0.6 is 0 Å². The first-order valence-corrected chi connectivity index (χ1v) is 12.8. The number of hydrogen-bond donors (Lipinski definition) is 3. The molecule has 0 atom stereocenters. The van der Waals surface area contributed by atoms with Crippen LogP contribution in [0.15, 0.2) is 72.3 Å². The predicted octanol–water partition coefficient (Wildman–Crippen LogP) is 3.99. The van der Waals surface area contributed by atoms with Crippen molar-refractivity contribution in [2.75, 3.05) is 17.2 Å². The normalized spacial score (nSPS) is 11.4. The topological polar surface area (TPSA) is 127 Å². The zero-order valence-corrected chi connectivity index (χ0v) is 20.5. The molecule has 0 fully saturated rings. The molecule has 35 heavy (non-hydrogen) atoms. The Bertz CT molecular complexity index is 1360. The molecule has 0 radical (unpaired) electrons. The van der Waals surface area contributed by atoms with Crippen molar-refractivity contribution >= 4 is 33.2 Å². The van der Waals surface area contributed by atoms with E-state index in [1.807, 2.05) is 38.1 Å². The number of rotatable bonds is 11. The molecule has 11 heteroatoms. The summed E-state index contributed by atoms with van der Waals surface area (Å²) < 4.78 is 29.5. The van der Waals surface area contributed by atoms with Gasteiger partial charge in [-0.05, 0) is 49.2 Å². The van der Waals surface area contributed by atoms with E-state index in [1.165, 1.54) is 6.33 Å². The van der Waals surface area contributed by atoms with Gasteiger partial charge in [0.2, 0.25) is 16.0 Å². The summed E-state index contributed by atoms with van der Waals surface area (Å²) in [4.78, 5) is 13.1. The maximum absolute atomic E-state index is 12.6. The molecule has 0 saturated heterocycles. The highest BCUT2D eigenvalue weighted by Gasteiger charge is 2.14. The molecule has 10 nitrogen and oxygen atoms in total. The number of nitrogens with zero attached hydrogens (tertiary/aromatic N) is 5. The van der Waals surface area contributed by atoms with Crippen LogP contribution in [-0.4, -0.2) is 39.7 Å². The average Bonchev–Trinajstić information content (AvgIpc) is 3.36. The van der Waals surface area contributed by atoms with Crippen molar-refractivity contribution in [2.45, 2.75) is 38.1 Å². The molecule has 0 saturated carbocycles. The second kappa shape index (κ2) is 11.1. The third-order valence-corrected chi connectivity index (χ3v) is 6.68. The molecular weight excluding hydrogens is 464 g/mol. The van der Waals surface area contributed by atoms with Gasteiger partial charge in [0.05, 0.1) is 11.4 Å². The lowest BCUT2D eigenvalue weighted by atomic mass is 10.2. The molecule has 182 valence electrons. The van der Waals surface area contributed by atoms with Crippen molar-refractivity contribution in [2.24, 2.45) is 0 Å². The Morgan fingerprint density at radius 2 is 1.86 bits per heavy atom. The number of unbranched alkanes of at least 4 members (excludes halogenated alkanes) is 1. The lowest BCUT2D eigenvalue weighted by molar-refractivity contribution is 0.578. The quantitative estimate of drug-likeness (QED) is 0.268. The minimum atomic E-state index is -3.57. The van der Waals surface area contributed by atoms with E-state index >= 15 is 0 Å². The van der Waals surface area contributed by atoms with Crippen LogP contribution in [0.5, 0.6) is 0 Å². The number of anilines is 4. The van der Waals surface area contributed by atoms with E-state index in [-0.39, 0.29) is 4.90 Å². The highest BCUT2D eigenvalue weighted by molar-refractivity contribution is 7.89. The SMILES string of the molecule is CCCCNS(=O)(=O)c1cccc(Nc2nc(Nc3ccc(Cn4cncn4)cc3)ncc2C)c1. The largest absolute Gasteiger partial charge is 0.340 e. The van der Waals surface area contributed by atoms with Crippen LogP contribution in [0.1, 0.15) is 30.9 Å². The fraction of sp³-hybridized carbons (Fsp3) is 0.250.